The number of aryl methyl sites for hydroxylation is 1. The van der Waals surface area contributed by atoms with E-state index in [1.54, 1.807) is 0 Å². The third-order valence-electron chi connectivity index (χ3n) is 4.99. The molecule has 0 saturated carbocycles. The summed E-state index contributed by atoms with van der Waals surface area (Å²) in [6.07, 6.45) is -0.739. The minimum atomic E-state index is -3.08. The first-order valence-corrected chi connectivity index (χ1v) is 9.63. The van der Waals surface area contributed by atoms with Crippen LogP contribution in [0.1, 0.15) is 11.1 Å². The van der Waals surface area contributed by atoms with Gasteiger partial charge in [0.05, 0.1) is 23.7 Å². The number of benzene rings is 1. The fourth-order valence-electron chi connectivity index (χ4n) is 3.53. The van der Waals surface area contributed by atoms with Gasteiger partial charge in [0, 0.05) is 31.9 Å². The van der Waals surface area contributed by atoms with Gasteiger partial charge in [-0.05, 0) is 31.0 Å². The van der Waals surface area contributed by atoms with Gasteiger partial charge in [0.2, 0.25) is 0 Å². The van der Waals surface area contributed by atoms with Gasteiger partial charge in [-0.25, -0.2) is 8.42 Å². The lowest BCUT2D eigenvalue weighted by Gasteiger charge is -2.40. The molecule has 0 amide bonds. The van der Waals surface area contributed by atoms with Crippen LogP contribution in [0.5, 0.6) is 0 Å². The zero-order chi connectivity index (χ0) is 15.9. The van der Waals surface area contributed by atoms with Crippen molar-refractivity contribution in [3.63, 3.8) is 0 Å². The molecule has 2 fully saturated rings. The molecule has 0 spiro atoms. The maximum atomic E-state index is 11.7. The Morgan fingerprint density at radius 1 is 1.09 bits per heavy atom. The smallest absolute Gasteiger partial charge is 0.154 e. The van der Waals surface area contributed by atoms with Crippen molar-refractivity contribution >= 4 is 15.5 Å². The highest BCUT2D eigenvalue weighted by Crippen LogP contribution is 2.26. The Labute approximate surface area is 132 Å². The lowest BCUT2D eigenvalue weighted by atomic mass is 10.1. The molecule has 1 N–H and O–H groups in total. The number of rotatable bonds is 2. The molecule has 22 heavy (non-hydrogen) atoms. The first-order chi connectivity index (χ1) is 10.4. The Kier molecular flexibility index (Phi) is 4.18. The van der Waals surface area contributed by atoms with Crippen LogP contribution in [0.3, 0.4) is 0 Å². The molecule has 2 aliphatic heterocycles. The van der Waals surface area contributed by atoms with Crippen molar-refractivity contribution in [1.29, 1.82) is 0 Å². The average Bonchev–Trinajstić information content (AvgIpc) is 2.75. The van der Waals surface area contributed by atoms with E-state index in [0.29, 0.717) is 0 Å². The third-order valence-corrected chi connectivity index (χ3v) is 6.69. The van der Waals surface area contributed by atoms with E-state index >= 15 is 0 Å². The van der Waals surface area contributed by atoms with E-state index in [4.69, 9.17) is 0 Å². The summed E-state index contributed by atoms with van der Waals surface area (Å²) in [5.41, 5.74) is 3.86. The van der Waals surface area contributed by atoms with Gasteiger partial charge in [-0.15, -0.1) is 0 Å². The summed E-state index contributed by atoms with van der Waals surface area (Å²) in [5, 5.41) is 10.0. The monoisotopic (exact) mass is 324 g/mol. The van der Waals surface area contributed by atoms with Crippen molar-refractivity contribution in [2.75, 3.05) is 42.6 Å². The maximum Gasteiger partial charge on any atom is 0.154 e. The molecule has 2 atom stereocenters. The molecule has 1 aromatic rings. The summed E-state index contributed by atoms with van der Waals surface area (Å²) >= 11 is 0. The van der Waals surface area contributed by atoms with E-state index in [1.807, 2.05) is 0 Å². The summed E-state index contributed by atoms with van der Waals surface area (Å²) in [7, 11) is -3.08. The van der Waals surface area contributed by atoms with Crippen LogP contribution in [-0.4, -0.2) is 68.3 Å². The summed E-state index contributed by atoms with van der Waals surface area (Å²) < 4.78 is 23.3. The van der Waals surface area contributed by atoms with Crippen LogP contribution in [0.2, 0.25) is 0 Å². The number of hydrogen-bond acceptors (Lipinski definition) is 5. The Hall–Kier alpha value is -1.11. The fourth-order valence-corrected chi connectivity index (χ4v) is 5.36. The molecule has 0 aliphatic carbocycles. The van der Waals surface area contributed by atoms with Crippen LogP contribution in [0, 0.1) is 13.8 Å². The highest BCUT2D eigenvalue weighted by atomic mass is 32.2. The standard InChI is InChI=1S/C16H24N2O3S/c1-12-4-3-5-14(13(12)2)17-6-8-18(9-7-17)15-10-22(20,21)11-16(15)19/h3-5,15-16,19H,6-11H2,1-2H3/t15-,16-/m1/s1. The van der Waals surface area contributed by atoms with E-state index in [-0.39, 0.29) is 17.5 Å². The van der Waals surface area contributed by atoms with E-state index in [0.717, 1.165) is 26.2 Å². The quantitative estimate of drug-likeness (QED) is 0.862. The number of piperazine rings is 1. The van der Waals surface area contributed by atoms with Gasteiger partial charge in [0.15, 0.2) is 9.84 Å². The summed E-state index contributed by atoms with van der Waals surface area (Å²) in [6.45, 7) is 7.59. The topological polar surface area (TPSA) is 60.9 Å². The van der Waals surface area contributed by atoms with Crippen LogP contribution in [0.15, 0.2) is 18.2 Å². The molecular formula is C16H24N2O3S. The minimum absolute atomic E-state index is 0.0884. The van der Waals surface area contributed by atoms with Gasteiger partial charge in [0.25, 0.3) is 0 Å². The van der Waals surface area contributed by atoms with Crippen LogP contribution < -0.4 is 4.90 Å². The number of aliphatic hydroxyl groups excluding tert-OH is 1. The largest absolute Gasteiger partial charge is 0.390 e. The highest BCUT2D eigenvalue weighted by Gasteiger charge is 2.40. The molecule has 0 unspecified atom stereocenters. The molecule has 122 valence electrons. The van der Waals surface area contributed by atoms with Crippen molar-refractivity contribution in [3.8, 4) is 0 Å². The zero-order valence-corrected chi connectivity index (χ0v) is 14.0. The number of sulfone groups is 1. The van der Waals surface area contributed by atoms with E-state index < -0.39 is 15.9 Å². The first kappa shape index (κ1) is 15.8. The number of anilines is 1. The molecule has 1 aromatic carbocycles. The van der Waals surface area contributed by atoms with Crippen molar-refractivity contribution < 1.29 is 13.5 Å². The normalized spacial score (nSPS) is 29.0. The van der Waals surface area contributed by atoms with Crippen molar-refractivity contribution in [1.82, 2.24) is 4.90 Å². The highest BCUT2D eigenvalue weighted by molar-refractivity contribution is 7.91. The SMILES string of the molecule is Cc1cccc(N2CCN([C@@H]3CS(=O)(=O)C[C@H]3O)CC2)c1C. The van der Waals surface area contributed by atoms with Gasteiger partial charge in [0.1, 0.15) is 0 Å². The van der Waals surface area contributed by atoms with Crippen LogP contribution in [0.4, 0.5) is 5.69 Å². The molecule has 2 aliphatic rings. The molecule has 2 heterocycles. The Morgan fingerprint density at radius 2 is 1.77 bits per heavy atom. The lowest BCUT2D eigenvalue weighted by molar-refractivity contribution is 0.0793. The number of nitrogens with zero attached hydrogens (tertiary/aromatic N) is 2. The van der Waals surface area contributed by atoms with Crippen LogP contribution in [-0.2, 0) is 9.84 Å². The molecule has 0 aromatic heterocycles. The van der Waals surface area contributed by atoms with E-state index in [1.165, 1.54) is 16.8 Å². The zero-order valence-electron chi connectivity index (χ0n) is 13.2. The molecule has 6 heteroatoms. The van der Waals surface area contributed by atoms with Gasteiger partial charge in [-0.1, -0.05) is 12.1 Å². The summed E-state index contributed by atoms with van der Waals surface area (Å²) in [4.78, 5) is 4.49. The van der Waals surface area contributed by atoms with Crippen molar-refractivity contribution in [2.45, 2.75) is 26.0 Å². The van der Waals surface area contributed by atoms with Crippen LogP contribution in [0.25, 0.3) is 0 Å². The van der Waals surface area contributed by atoms with Crippen LogP contribution >= 0.6 is 0 Å². The molecule has 2 saturated heterocycles. The van der Waals surface area contributed by atoms with Crippen molar-refractivity contribution in [3.05, 3.63) is 29.3 Å². The second-order valence-electron chi connectivity index (χ2n) is 6.45. The Bertz CT molecular complexity index is 651. The summed E-state index contributed by atoms with van der Waals surface area (Å²) in [5.74, 6) is 0.00646. The van der Waals surface area contributed by atoms with Crippen molar-refractivity contribution in [2.24, 2.45) is 0 Å². The second kappa shape index (κ2) is 5.83. The second-order valence-corrected chi connectivity index (χ2v) is 8.61. The predicted molar refractivity (Wildman–Crippen MR) is 88.2 cm³/mol. The maximum absolute atomic E-state index is 11.7. The first-order valence-electron chi connectivity index (χ1n) is 7.81. The van der Waals surface area contributed by atoms with Gasteiger partial charge >= 0.3 is 0 Å². The molecule has 0 radical (unpaired) electrons. The third kappa shape index (κ3) is 3.00. The fraction of sp³-hybridized carbons (Fsp3) is 0.625. The lowest BCUT2D eigenvalue weighted by Crippen LogP contribution is -2.53. The minimum Gasteiger partial charge on any atom is -0.390 e. The van der Waals surface area contributed by atoms with E-state index in [2.05, 4.69) is 41.8 Å². The molecular weight excluding hydrogens is 300 g/mol. The average molecular weight is 324 g/mol. The predicted octanol–water partition coefficient (Wildman–Crippen LogP) is 0.583. The molecule has 0 bridgehead atoms. The van der Waals surface area contributed by atoms with Gasteiger partial charge in [-0.2, -0.15) is 0 Å². The molecule has 3 rings (SSSR count). The van der Waals surface area contributed by atoms with E-state index in [9.17, 15) is 13.5 Å². The number of aliphatic hydroxyl groups is 1. The molecule has 5 nitrogen and oxygen atoms in total. The Balaban J connectivity index is 1.67. The number of hydrogen-bond donors (Lipinski definition) is 1. The van der Waals surface area contributed by atoms with Gasteiger partial charge < -0.3 is 10.0 Å². The summed E-state index contributed by atoms with van der Waals surface area (Å²) in [6, 6.07) is 6.12. The Morgan fingerprint density at radius 3 is 2.36 bits per heavy atom. The van der Waals surface area contributed by atoms with Gasteiger partial charge in [-0.3, -0.25) is 4.90 Å².